The minimum Gasteiger partial charge on any atom is -0.465 e. The van der Waals surface area contributed by atoms with E-state index < -0.39 is 35.6 Å². The van der Waals surface area contributed by atoms with Crippen molar-refractivity contribution < 1.29 is 29.0 Å². The largest absolute Gasteiger partial charge is 0.465 e. The molecule has 3 saturated heterocycles. The highest BCUT2D eigenvalue weighted by Crippen LogP contribution is 2.58. The Balaban J connectivity index is 1.74. The molecule has 0 aliphatic carbocycles. The minimum atomic E-state index is -1.13. The maximum Gasteiger partial charge on any atom is 0.312 e. The zero-order valence-corrected chi connectivity index (χ0v) is 20.4. The fourth-order valence-corrected chi connectivity index (χ4v) is 6.19. The van der Waals surface area contributed by atoms with Crippen molar-refractivity contribution in [3.8, 4) is 0 Å². The summed E-state index contributed by atoms with van der Waals surface area (Å²) in [6.07, 6.45) is 4.40. The number of hydrogen-bond acceptors (Lipinski definition) is 6. The molecule has 4 rings (SSSR count). The second kappa shape index (κ2) is 9.95. The number of amides is 2. The molecule has 1 spiro atoms. The number of nitrogens with zero attached hydrogens (tertiary/aromatic N) is 2. The predicted octanol–water partition coefficient (Wildman–Crippen LogP) is 2.31. The number of aliphatic hydroxyl groups is 1. The molecule has 8 heteroatoms. The Morgan fingerprint density at radius 3 is 2.63 bits per heavy atom. The highest BCUT2D eigenvalue weighted by atomic mass is 16.6. The Kier molecular flexibility index (Phi) is 7.15. The first-order valence-corrected chi connectivity index (χ1v) is 12.2. The van der Waals surface area contributed by atoms with Gasteiger partial charge in [-0.15, -0.1) is 13.2 Å². The summed E-state index contributed by atoms with van der Waals surface area (Å²) in [5.74, 6) is -2.71. The standard InChI is InChI=1S/C27H34N2O6/c1-5-7-16-34-26(33)20-19-11-12-27(35-19)21(20)24(31)29(14-15-30)23(27)25(32)28(13-6-2)22-17(3)9-8-10-18(22)4/h5-6,8-10,19-21,23,30H,1-2,7,11-16H2,3-4H3/t19-,20+,21-,23?,27?/m0/s1. The summed E-state index contributed by atoms with van der Waals surface area (Å²) >= 11 is 0. The number of fused-ring (bicyclic) bond motifs is 1. The molecule has 3 aliphatic heterocycles. The molecular formula is C27H34N2O6. The van der Waals surface area contributed by atoms with Gasteiger partial charge in [0.25, 0.3) is 5.91 Å². The number of carbonyl (C=O) groups excluding carboxylic acids is 3. The van der Waals surface area contributed by atoms with Gasteiger partial charge in [0.05, 0.1) is 31.2 Å². The summed E-state index contributed by atoms with van der Waals surface area (Å²) in [6, 6.07) is 4.85. The molecule has 5 atom stereocenters. The third-order valence-corrected chi connectivity index (χ3v) is 7.50. The average Bonchev–Trinajstić information content (AvgIpc) is 3.46. The van der Waals surface area contributed by atoms with Crippen molar-refractivity contribution in [3.05, 3.63) is 54.6 Å². The smallest absolute Gasteiger partial charge is 0.312 e. The van der Waals surface area contributed by atoms with Crippen LogP contribution in [0.2, 0.25) is 0 Å². The molecule has 0 saturated carbocycles. The first kappa shape index (κ1) is 25.1. The Morgan fingerprint density at radius 2 is 2.00 bits per heavy atom. The molecule has 8 nitrogen and oxygen atoms in total. The van der Waals surface area contributed by atoms with Crippen LogP contribution in [0, 0.1) is 25.7 Å². The molecular weight excluding hydrogens is 448 g/mol. The van der Waals surface area contributed by atoms with Crippen molar-refractivity contribution in [3.63, 3.8) is 0 Å². The summed E-state index contributed by atoms with van der Waals surface area (Å²) in [5, 5.41) is 9.76. The fourth-order valence-electron chi connectivity index (χ4n) is 6.19. The molecule has 188 valence electrons. The van der Waals surface area contributed by atoms with Gasteiger partial charge in [-0.25, -0.2) is 0 Å². The van der Waals surface area contributed by atoms with Crippen LogP contribution >= 0.6 is 0 Å². The van der Waals surface area contributed by atoms with Gasteiger partial charge < -0.3 is 24.4 Å². The quantitative estimate of drug-likeness (QED) is 0.312. The predicted molar refractivity (Wildman–Crippen MR) is 131 cm³/mol. The third kappa shape index (κ3) is 3.98. The highest BCUT2D eigenvalue weighted by molar-refractivity contribution is 6.05. The van der Waals surface area contributed by atoms with Crippen molar-refractivity contribution >= 4 is 23.5 Å². The molecule has 1 aromatic rings. The van der Waals surface area contributed by atoms with Crippen molar-refractivity contribution in [2.75, 3.05) is 31.2 Å². The number of aryl methyl sites for hydroxylation is 2. The molecule has 1 aromatic carbocycles. The van der Waals surface area contributed by atoms with Crippen LogP contribution in [-0.4, -0.2) is 71.8 Å². The first-order valence-electron chi connectivity index (χ1n) is 12.2. The third-order valence-electron chi connectivity index (χ3n) is 7.50. The van der Waals surface area contributed by atoms with Crippen molar-refractivity contribution in [1.82, 2.24) is 4.90 Å². The van der Waals surface area contributed by atoms with Gasteiger partial charge >= 0.3 is 5.97 Å². The first-order chi connectivity index (χ1) is 16.8. The average molecular weight is 483 g/mol. The van der Waals surface area contributed by atoms with Crippen molar-refractivity contribution in [2.45, 2.75) is 50.9 Å². The van der Waals surface area contributed by atoms with E-state index in [0.29, 0.717) is 19.3 Å². The van der Waals surface area contributed by atoms with Crippen molar-refractivity contribution in [1.29, 1.82) is 0 Å². The SMILES string of the molecule is C=CCCOC(=O)[C@@H]1[C@@H]2CCC3(O2)C(C(=O)N(CC=C)c2c(C)cccc2C)N(CCO)C(=O)[C@H]13. The van der Waals surface area contributed by atoms with E-state index in [4.69, 9.17) is 9.47 Å². The van der Waals surface area contributed by atoms with E-state index in [2.05, 4.69) is 13.2 Å². The number of β-amino-alcohol motifs (C(OH)–C–C–N with tert-alkyl or cyclic N) is 1. The molecule has 2 amide bonds. The summed E-state index contributed by atoms with van der Waals surface area (Å²) in [6.45, 7) is 11.4. The van der Waals surface area contributed by atoms with Crippen LogP contribution in [-0.2, 0) is 23.9 Å². The van der Waals surface area contributed by atoms with Crippen molar-refractivity contribution in [2.24, 2.45) is 11.8 Å². The fraction of sp³-hybridized carbons (Fsp3) is 0.519. The number of hydrogen-bond donors (Lipinski definition) is 1. The van der Waals surface area contributed by atoms with Gasteiger partial charge in [0.1, 0.15) is 11.6 Å². The number of likely N-dealkylation sites (tertiary alicyclic amines) is 1. The van der Waals surface area contributed by atoms with Crippen LogP contribution < -0.4 is 4.90 Å². The van der Waals surface area contributed by atoms with Crippen LogP contribution in [0.5, 0.6) is 0 Å². The summed E-state index contributed by atoms with van der Waals surface area (Å²) in [5.41, 5.74) is 1.48. The molecule has 0 radical (unpaired) electrons. The van der Waals surface area contributed by atoms with E-state index in [1.165, 1.54) is 4.90 Å². The number of anilines is 1. The van der Waals surface area contributed by atoms with E-state index in [1.807, 2.05) is 32.0 Å². The molecule has 3 fully saturated rings. The molecule has 3 heterocycles. The van der Waals surface area contributed by atoms with Crippen LogP contribution in [0.4, 0.5) is 5.69 Å². The Hall–Kier alpha value is -2.97. The minimum absolute atomic E-state index is 0.0194. The van der Waals surface area contributed by atoms with Crippen LogP contribution in [0.15, 0.2) is 43.5 Å². The van der Waals surface area contributed by atoms with E-state index in [9.17, 15) is 19.5 Å². The normalized spacial score (nSPS) is 28.7. The van der Waals surface area contributed by atoms with E-state index in [0.717, 1.165) is 16.8 Å². The van der Waals surface area contributed by atoms with Gasteiger partial charge in [0, 0.05) is 18.8 Å². The number of esters is 1. The van der Waals surface area contributed by atoms with Gasteiger partial charge in [0.15, 0.2) is 0 Å². The topological polar surface area (TPSA) is 96.4 Å². The molecule has 3 aliphatic rings. The monoisotopic (exact) mass is 482 g/mol. The molecule has 2 unspecified atom stereocenters. The maximum atomic E-state index is 14.3. The summed E-state index contributed by atoms with van der Waals surface area (Å²) < 4.78 is 11.8. The summed E-state index contributed by atoms with van der Waals surface area (Å²) in [7, 11) is 0. The number of rotatable bonds is 10. The number of para-hydroxylation sites is 1. The molecule has 35 heavy (non-hydrogen) atoms. The molecule has 0 aromatic heterocycles. The van der Waals surface area contributed by atoms with E-state index >= 15 is 0 Å². The second-order valence-electron chi connectivity index (χ2n) is 9.53. The molecule has 1 N–H and O–H groups in total. The van der Waals surface area contributed by atoms with E-state index in [-0.39, 0.29) is 38.1 Å². The lowest BCUT2D eigenvalue weighted by atomic mass is 9.70. The summed E-state index contributed by atoms with van der Waals surface area (Å²) in [4.78, 5) is 44.0. The van der Waals surface area contributed by atoms with Gasteiger partial charge in [-0.1, -0.05) is 30.4 Å². The van der Waals surface area contributed by atoms with Gasteiger partial charge in [-0.05, 0) is 44.2 Å². The van der Waals surface area contributed by atoms with Crippen LogP contribution in [0.25, 0.3) is 0 Å². The maximum absolute atomic E-state index is 14.3. The zero-order valence-electron chi connectivity index (χ0n) is 20.4. The van der Waals surface area contributed by atoms with Crippen LogP contribution in [0.3, 0.4) is 0 Å². The van der Waals surface area contributed by atoms with Gasteiger partial charge in [-0.2, -0.15) is 0 Å². The van der Waals surface area contributed by atoms with E-state index in [1.54, 1.807) is 17.1 Å². The Morgan fingerprint density at radius 1 is 1.29 bits per heavy atom. The van der Waals surface area contributed by atoms with Gasteiger partial charge in [-0.3, -0.25) is 14.4 Å². The second-order valence-corrected chi connectivity index (χ2v) is 9.53. The lowest BCUT2D eigenvalue weighted by Crippen LogP contribution is -2.57. The lowest BCUT2D eigenvalue weighted by Gasteiger charge is -2.37. The highest BCUT2D eigenvalue weighted by Gasteiger charge is 2.75. The number of aliphatic hydroxyl groups excluding tert-OH is 1. The lowest BCUT2D eigenvalue weighted by molar-refractivity contribution is -0.155. The number of benzene rings is 1. The molecule has 2 bridgehead atoms. The Bertz CT molecular complexity index is 1020. The zero-order chi connectivity index (χ0) is 25.3. The van der Waals surface area contributed by atoms with Gasteiger partial charge in [0.2, 0.25) is 5.91 Å². The Labute approximate surface area is 206 Å². The number of ether oxygens (including phenoxy) is 2. The van der Waals surface area contributed by atoms with Crippen LogP contribution in [0.1, 0.15) is 30.4 Å². The number of carbonyl (C=O) groups is 3.